The van der Waals surface area contributed by atoms with Gasteiger partial charge in [-0.2, -0.15) is 5.26 Å². The SMILES string of the molecule is COc1cc(C2NC(=S)NC(O)C2C#N)cc(OC)c1OC.[K]. The number of methoxy groups -OCH3 is 3. The largest absolute Gasteiger partial charge is 0.493 e. The van der Waals surface area contributed by atoms with Gasteiger partial charge >= 0.3 is 0 Å². The van der Waals surface area contributed by atoms with Crippen LogP contribution >= 0.6 is 12.2 Å². The molecule has 7 nitrogen and oxygen atoms in total. The van der Waals surface area contributed by atoms with Crippen molar-refractivity contribution in [2.24, 2.45) is 5.92 Å². The Bertz CT molecular complexity index is 598. The minimum Gasteiger partial charge on any atom is -0.493 e. The molecule has 0 saturated carbocycles. The number of ether oxygens (including phenoxy) is 3. The molecule has 119 valence electrons. The summed E-state index contributed by atoms with van der Waals surface area (Å²) in [6.07, 6.45) is -1.05. The van der Waals surface area contributed by atoms with Crippen LogP contribution in [0.4, 0.5) is 0 Å². The first-order valence-corrected chi connectivity index (χ1v) is 6.91. The van der Waals surface area contributed by atoms with Crippen LogP contribution in [0.1, 0.15) is 11.6 Å². The standard InChI is InChI=1S/C14H17N3O4S.K/c1-19-9-4-7(5-10(20-2)12(9)21-3)11-8(6-15)13(18)17-14(22)16-11;/h4-5,8,11,13,18H,1-3H3,(H2,16,17,22);. The van der Waals surface area contributed by atoms with E-state index in [1.165, 1.54) is 21.3 Å². The summed E-state index contributed by atoms with van der Waals surface area (Å²) in [6.45, 7) is 0. The summed E-state index contributed by atoms with van der Waals surface area (Å²) in [5.41, 5.74) is 0.698. The molecule has 1 saturated heterocycles. The normalized spacial score (nSPS) is 22.7. The fourth-order valence-corrected chi connectivity index (χ4v) is 2.64. The van der Waals surface area contributed by atoms with Gasteiger partial charge < -0.3 is 30.0 Å². The van der Waals surface area contributed by atoms with Crippen molar-refractivity contribution in [2.75, 3.05) is 21.3 Å². The molecule has 1 heterocycles. The molecule has 1 aromatic rings. The van der Waals surface area contributed by atoms with Crippen molar-refractivity contribution in [2.45, 2.75) is 12.3 Å². The van der Waals surface area contributed by atoms with Crippen molar-refractivity contribution in [3.63, 3.8) is 0 Å². The van der Waals surface area contributed by atoms with Gasteiger partial charge in [0, 0.05) is 51.4 Å². The molecular weight excluding hydrogens is 345 g/mol. The van der Waals surface area contributed by atoms with Crippen LogP contribution in [0.25, 0.3) is 0 Å². The Morgan fingerprint density at radius 1 is 1.13 bits per heavy atom. The van der Waals surface area contributed by atoms with Crippen molar-refractivity contribution < 1.29 is 19.3 Å². The van der Waals surface area contributed by atoms with E-state index in [1.807, 2.05) is 0 Å². The number of thiocarbonyl (C=S) groups is 1. The number of benzene rings is 1. The topological polar surface area (TPSA) is 95.8 Å². The molecule has 0 aliphatic carbocycles. The number of nitrogens with one attached hydrogen (secondary N) is 2. The molecule has 3 N–H and O–H groups in total. The van der Waals surface area contributed by atoms with Crippen LogP contribution in [0, 0.1) is 17.2 Å². The van der Waals surface area contributed by atoms with Crippen molar-refractivity contribution in [1.29, 1.82) is 5.26 Å². The summed E-state index contributed by atoms with van der Waals surface area (Å²) in [4.78, 5) is 0. The summed E-state index contributed by atoms with van der Waals surface area (Å²) in [7, 11) is 4.54. The number of aliphatic hydroxyl groups is 1. The quantitative estimate of drug-likeness (QED) is 0.520. The van der Waals surface area contributed by atoms with Crippen LogP contribution in [0.15, 0.2) is 12.1 Å². The maximum absolute atomic E-state index is 9.98. The molecule has 3 unspecified atom stereocenters. The van der Waals surface area contributed by atoms with Gasteiger partial charge in [-0.25, -0.2) is 0 Å². The third-order valence-electron chi connectivity index (χ3n) is 3.46. The Labute approximate surface area is 182 Å². The van der Waals surface area contributed by atoms with E-state index in [4.69, 9.17) is 26.4 Å². The maximum Gasteiger partial charge on any atom is 0.203 e. The molecular formula is C14H17KN3O4S. The van der Waals surface area contributed by atoms with E-state index in [9.17, 15) is 10.4 Å². The van der Waals surface area contributed by atoms with Gasteiger partial charge in [0.05, 0.1) is 33.4 Å². The molecule has 2 rings (SSSR count). The zero-order valence-electron chi connectivity index (χ0n) is 13.4. The molecule has 23 heavy (non-hydrogen) atoms. The smallest absolute Gasteiger partial charge is 0.203 e. The van der Waals surface area contributed by atoms with Gasteiger partial charge in [-0.3, -0.25) is 0 Å². The van der Waals surface area contributed by atoms with E-state index in [-0.39, 0.29) is 56.5 Å². The second-order valence-electron chi connectivity index (χ2n) is 4.65. The molecule has 9 heteroatoms. The number of nitrogens with zero attached hydrogens (tertiary/aromatic N) is 1. The van der Waals surface area contributed by atoms with Gasteiger partial charge in [-0.15, -0.1) is 0 Å². The number of rotatable bonds is 4. The first-order chi connectivity index (χ1) is 10.5. The van der Waals surface area contributed by atoms with Crippen molar-refractivity contribution in [3.05, 3.63) is 17.7 Å². The molecule has 1 aliphatic heterocycles. The van der Waals surface area contributed by atoms with Crippen molar-refractivity contribution in [3.8, 4) is 23.3 Å². The van der Waals surface area contributed by atoms with Gasteiger partial charge in [0.1, 0.15) is 12.1 Å². The van der Waals surface area contributed by atoms with E-state index in [1.54, 1.807) is 12.1 Å². The third kappa shape index (κ3) is 4.27. The number of hydrogen-bond donors (Lipinski definition) is 3. The molecule has 3 atom stereocenters. The van der Waals surface area contributed by atoms with Crippen LogP contribution in [0.5, 0.6) is 17.2 Å². The van der Waals surface area contributed by atoms with Crippen molar-refractivity contribution >= 4 is 68.7 Å². The van der Waals surface area contributed by atoms with Crippen molar-refractivity contribution in [1.82, 2.24) is 10.6 Å². The number of aliphatic hydroxyl groups excluding tert-OH is 1. The maximum atomic E-state index is 9.98. The van der Waals surface area contributed by atoms with E-state index in [0.29, 0.717) is 22.8 Å². The summed E-state index contributed by atoms with van der Waals surface area (Å²) < 4.78 is 15.9. The molecule has 1 aliphatic rings. The fourth-order valence-electron chi connectivity index (χ4n) is 2.40. The van der Waals surface area contributed by atoms with E-state index >= 15 is 0 Å². The minimum atomic E-state index is -1.05. The molecule has 0 spiro atoms. The zero-order valence-corrected chi connectivity index (χ0v) is 17.4. The first kappa shape index (κ1) is 20.4. The summed E-state index contributed by atoms with van der Waals surface area (Å²) >= 11 is 5.05. The molecule has 0 amide bonds. The predicted octanol–water partition coefficient (Wildman–Crippen LogP) is 0.309. The second-order valence-corrected chi connectivity index (χ2v) is 5.06. The van der Waals surface area contributed by atoms with Gasteiger partial charge in [0.2, 0.25) is 5.75 Å². The average Bonchev–Trinajstić information content (AvgIpc) is 2.52. The van der Waals surface area contributed by atoms with Gasteiger partial charge in [-0.05, 0) is 29.9 Å². The van der Waals surface area contributed by atoms with Gasteiger partial charge in [-0.1, -0.05) is 0 Å². The molecule has 0 bridgehead atoms. The van der Waals surface area contributed by atoms with Crippen LogP contribution < -0.4 is 24.8 Å². The minimum absolute atomic E-state index is 0. The van der Waals surface area contributed by atoms with Crippen LogP contribution in [-0.2, 0) is 0 Å². The number of hydrogen-bond acceptors (Lipinski definition) is 6. The van der Waals surface area contributed by atoms with Gasteiger partial charge in [0.15, 0.2) is 16.6 Å². The molecule has 1 radical (unpaired) electrons. The summed E-state index contributed by atoms with van der Waals surface area (Å²) in [5.74, 6) is 0.664. The Morgan fingerprint density at radius 2 is 1.70 bits per heavy atom. The Morgan fingerprint density at radius 3 is 2.13 bits per heavy atom. The number of nitriles is 1. The van der Waals surface area contributed by atoms with Crippen LogP contribution in [0.2, 0.25) is 0 Å². The molecule has 0 aromatic heterocycles. The molecule has 1 fully saturated rings. The monoisotopic (exact) mass is 362 g/mol. The van der Waals surface area contributed by atoms with Crippen LogP contribution in [0.3, 0.4) is 0 Å². The first-order valence-electron chi connectivity index (χ1n) is 6.50. The van der Waals surface area contributed by atoms with E-state index in [0.717, 1.165) is 0 Å². The average molecular weight is 362 g/mol. The third-order valence-corrected chi connectivity index (χ3v) is 3.70. The zero-order chi connectivity index (χ0) is 16.3. The Kier molecular flexibility index (Phi) is 8.03. The Hall–Kier alpha value is -0.604. The summed E-state index contributed by atoms with van der Waals surface area (Å²) in [5, 5.41) is 25.2. The van der Waals surface area contributed by atoms with Crippen LogP contribution in [-0.4, -0.2) is 89.2 Å². The molecule has 1 aromatic carbocycles. The van der Waals surface area contributed by atoms with E-state index in [2.05, 4.69) is 16.7 Å². The second kappa shape index (κ2) is 9.03. The Balaban J connectivity index is 0.00000264. The fraction of sp³-hybridized carbons (Fsp3) is 0.429. The predicted molar refractivity (Wildman–Crippen MR) is 88.6 cm³/mol. The van der Waals surface area contributed by atoms with E-state index < -0.39 is 18.2 Å². The van der Waals surface area contributed by atoms with Gasteiger partial charge in [0.25, 0.3) is 0 Å². The summed E-state index contributed by atoms with van der Waals surface area (Å²) in [6, 6.07) is 5.03.